The normalized spacial score (nSPS) is 10.9. The van der Waals surface area contributed by atoms with Gasteiger partial charge in [0, 0.05) is 23.2 Å². The molecular formula is C20H20BrN3O2. The van der Waals surface area contributed by atoms with Crippen LogP contribution in [-0.4, -0.2) is 24.1 Å². The Balaban J connectivity index is 2.22. The van der Waals surface area contributed by atoms with Gasteiger partial charge in [-0.3, -0.25) is 4.79 Å². The minimum atomic E-state index is -0.498. The van der Waals surface area contributed by atoms with E-state index in [9.17, 15) is 15.2 Å². The molecule has 0 aromatic heterocycles. The highest BCUT2D eigenvalue weighted by Gasteiger charge is 2.11. The zero-order valence-corrected chi connectivity index (χ0v) is 16.2. The van der Waals surface area contributed by atoms with Crippen LogP contribution in [-0.2, 0) is 4.79 Å². The Labute approximate surface area is 161 Å². The maximum absolute atomic E-state index is 12.3. The molecule has 6 heteroatoms. The highest BCUT2D eigenvalue weighted by Crippen LogP contribution is 2.28. The Morgan fingerprint density at radius 1 is 1.23 bits per heavy atom. The van der Waals surface area contributed by atoms with Crippen molar-refractivity contribution in [3.05, 3.63) is 58.1 Å². The van der Waals surface area contributed by atoms with Gasteiger partial charge in [0.05, 0.1) is 5.69 Å². The molecule has 0 heterocycles. The van der Waals surface area contributed by atoms with Gasteiger partial charge in [0.2, 0.25) is 0 Å². The summed E-state index contributed by atoms with van der Waals surface area (Å²) in [6.45, 7) is 5.96. The maximum atomic E-state index is 12.3. The second-order valence-electron chi connectivity index (χ2n) is 5.55. The first-order chi connectivity index (χ1) is 12.5. The van der Waals surface area contributed by atoms with E-state index >= 15 is 0 Å². The van der Waals surface area contributed by atoms with E-state index in [0.717, 1.165) is 28.8 Å². The summed E-state index contributed by atoms with van der Waals surface area (Å²) >= 11 is 3.56. The third kappa shape index (κ3) is 4.87. The predicted molar refractivity (Wildman–Crippen MR) is 108 cm³/mol. The molecule has 0 bridgehead atoms. The minimum Gasteiger partial charge on any atom is -0.508 e. The SMILES string of the molecule is CCN(CC)c1ccc(/C=C(/C#N)C(=O)Nc2ccc(O)cc2)cc1Br. The molecule has 0 aliphatic heterocycles. The number of benzene rings is 2. The van der Waals surface area contributed by atoms with Gasteiger partial charge in [0.25, 0.3) is 5.91 Å². The topological polar surface area (TPSA) is 76.4 Å². The largest absolute Gasteiger partial charge is 0.508 e. The van der Waals surface area contributed by atoms with Gasteiger partial charge in [-0.1, -0.05) is 6.07 Å². The summed E-state index contributed by atoms with van der Waals surface area (Å²) in [4.78, 5) is 14.5. The summed E-state index contributed by atoms with van der Waals surface area (Å²) < 4.78 is 0.909. The molecule has 0 aliphatic carbocycles. The van der Waals surface area contributed by atoms with Gasteiger partial charge in [-0.15, -0.1) is 0 Å². The molecule has 0 radical (unpaired) electrons. The van der Waals surface area contributed by atoms with E-state index in [4.69, 9.17) is 0 Å². The van der Waals surface area contributed by atoms with E-state index in [1.54, 1.807) is 18.2 Å². The molecule has 0 unspecified atom stereocenters. The van der Waals surface area contributed by atoms with Crippen molar-refractivity contribution < 1.29 is 9.90 Å². The van der Waals surface area contributed by atoms with E-state index in [0.29, 0.717) is 5.69 Å². The van der Waals surface area contributed by atoms with Gasteiger partial charge >= 0.3 is 0 Å². The fourth-order valence-corrected chi connectivity index (χ4v) is 3.14. The molecule has 0 atom stereocenters. The van der Waals surface area contributed by atoms with Gasteiger partial charge in [0.1, 0.15) is 17.4 Å². The molecule has 2 aromatic rings. The molecule has 5 nitrogen and oxygen atoms in total. The zero-order valence-electron chi connectivity index (χ0n) is 14.7. The van der Waals surface area contributed by atoms with E-state index in [2.05, 4.69) is 40.0 Å². The molecule has 0 saturated carbocycles. The second-order valence-corrected chi connectivity index (χ2v) is 6.41. The number of phenolic OH excluding ortho intramolecular Hbond substituents is 1. The van der Waals surface area contributed by atoms with Crippen molar-refractivity contribution in [2.75, 3.05) is 23.3 Å². The molecule has 2 aromatic carbocycles. The van der Waals surface area contributed by atoms with Crippen LogP contribution < -0.4 is 10.2 Å². The summed E-state index contributed by atoms with van der Waals surface area (Å²) in [6.07, 6.45) is 1.55. The number of hydrogen-bond acceptors (Lipinski definition) is 4. The number of nitriles is 1. The number of aromatic hydroxyl groups is 1. The maximum Gasteiger partial charge on any atom is 0.266 e. The fraction of sp³-hybridized carbons (Fsp3) is 0.200. The van der Waals surface area contributed by atoms with Crippen LogP contribution in [0.3, 0.4) is 0 Å². The summed E-state index contributed by atoms with van der Waals surface area (Å²) in [7, 11) is 0. The van der Waals surface area contributed by atoms with Crippen LogP contribution in [0.15, 0.2) is 52.5 Å². The number of phenols is 1. The number of carbonyl (C=O) groups excluding carboxylic acids is 1. The lowest BCUT2D eigenvalue weighted by Gasteiger charge is -2.22. The van der Waals surface area contributed by atoms with Crippen LogP contribution in [0.2, 0.25) is 0 Å². The number of hydrogen-bond donors (Lipinski definition) is 2. The van der Waals surface area contributed by atoms with Crippen molar-refractivity contribution in [3.8, 4) is 11.8 Å². The molecule has 26 heavy (non-hydrogen) atoms. The van der Waals surface area contributed by atoms with Crippen molar-refractivity contribution in [2.24, 2.45) is 0 Å². The number of anilines is 2. The van der Waals surface area contributed by atoms with Gasteiger partial charge in [-0.2, -0.15) is 5.26 Å². The minimum absolute atomic E-state index is 0.000522. The first kappa shape index (κ1) is 19.5. The second kappa shape index (κ2) is 9.07. The number of carbonyl (C=O) groups is 1. The van der Waals surface area contributed by atoms with Crippen LogP contribution in [0.4, 0.5) is 11.4 Å². The van der Waals surface area contributed by atoms with E-state index in [1.807, 2.05) is 24.3 Å². The zero-order chi connectivity index (χ0) is 19.1. The standard InChI is InChI=1S/C20H20BrN3O2/c1-3-24(4-2)19-10-5-14(12-18(19)21)11-15(13-22)20(26)23-16-6-8-17(25)9-7-16/h5-12,25H,3-4H2,1-2H3,(H,23,26)/b15-11-. The lowest BCUT2D eigenvalue weighted by Crippen LogP contribution is -2.22. The summed E-state index contributed by atoms with van der Waals surface area (Å²) in [5.74, 6) is -0.390. The van der Waals surface area contributed by atoms with Gasteiger partial charge in [-0.05, 0) is 77.8 Å². The number of amides is 1. The molecule has 0 spiro atoms. The van der Waals surface area contributed by atoms with Gasteiger partial charge < -0.3 is 15.3 Å². The number of rotatable bonds is 6. The van der Waals surface area contributed by atoms with Crippen molar-refractivity contribution in [3.63, 3.8) is 0 Å². The molecular weight excluding hydrogens is 394 g/mol. The Hall–Kier alpha value is -2.78. The molecule has 134 valence electrons. The third-order valence-corrected chi connectivity index (χ3v) is 4.51. The lowest BCUT2D eigenvalue weighted by atomic mass is 10.1. The highest BCUT2D eigenvalue weighted by molar-refractivity contribution is 9.10. The Kier molecular flexibility index (Phi) is 6.81. The van der Waals surface area contributed by atoms with Crippen molar-refractivity contribution in [1.29, 1.82) is 5.26 Å². The van der Waals surface area contributed by atoms with Crippen LogP contribution in [0.5, 0.6) is 5.75 Å². The van der Waals surface area contributed by atoms with Gasteiger partial charge in [0.15, 0.2) is 0 Å². The van der Waals surface area contributed by atoms with Crippen LogP contribution in [0.25, 0.3) is 6.08 Å². The summed E-state index contributed by atoms with van der Waals surface area (Å²) in [5.41, 5.74) is 2.33. The third-order valence-electron chi connectivity index (χ3n) is 3.88. The molecule has 1 amide bonds. The number of nitrogens with zero attached hydrogens (tertiary/aromatic N) is 2. The van der Waals surface area contributed by atoms with Crippen LogP contribution in [0, 0.1) is 11.3 Å². The van der Waals surface area contributed by atoms with Crippen LogP contribution >= 0.6 is 15.9 Å². The first-order valence-electron chi connectivity index (χ1n) is 8.25. The Morgan fingerprint density at radius 3 is 2.42 bits per heavy atom. The van der Waals surface area contributed by atoms with Gasteiger partial charge in [-0.25, -0.2) is 0 Å². The number of nitrogens with one attached hydrogen (secondary N) is 1. The molecule has 0 saturated heterocycles. The molecule has 0 aliphatic rings. The monoisotopic (exact) mass is 413 g/mol. The van der Waals surface area contributed by atoms with Crippen molar-refractivity contribution in [1.82, 2.24) is 0 Å². The summed E-state index contributed by atoms with van der Waals surface area (Å²) in [6, 6.07) is 13.7. The van der Waals surface area contributed by atoms with E-state index in [-0.39, 0.29) is 11.3 Å². The average molecular weight is 414 g/mol. The Bertz CT molecular complexity index is 850. The van der Waals surface area contributed by atoms with E-state index < -0.39 is 5.91 Å². The number of halogens is 1. The Morgan fingerprint density at radius 2 is 1.88 bits per heavy atom. The first-order valence-corrected chi connectivity index (χ1v) is 9.04. The van der Waals surface area contributed by atoms with Crippen molar-refractivity contribution in [2.45, 2.75) is 13.8 Å². The van der Waals surface area contributed by atoms with Crippen LogP contribution in [0.1, 0.15) is 19.4 Å². The molecule has 2 N–H and O–H groups in total. The molecule has 0 fully saturated rings. The van der Waals surface area contributed by atoms with E-state index in [1.165, 1.54) is 12.1 Å². The predicted octanol–water partition coefficient (Wildman–Crippen LogP) is 4.55. The molecule has 2 rings (SSSR count). The summed E-state index contributed by atoms with van der Waals surface area (Å²) in [5, 5.41) is 21.3. The lowest BCUT2D eigenvalue weighted by molar-refractivity contribution is -0.112. The quantitative estimate of drug-likeness (QED) is 0.413. The highest BCUT2D eigenvalue weighted by atomic mass is 79.9. The average Bonchev–Trinajstić information content (AvgIpc) is 2.64. The van der Waals surface area contributed by atoms with Crippen molar-refractivity contribution >= 4 is 39.3 Å². The fourth-order valence-electron chi connectivity index (χ4n) is 2.49. The smallest absolute Gasteiger partial charge is 0.266 e.